The Morgan fingerprint density at radius 1 is 0.566 bits per heavy atom. The summed E-state index contributed by atoms with van der Waals surface area (Å²) in [6, 6.07) is 3.47. The molecule has 4 fully saturated rings. The highest BCUT2D eigenvalue weighted by molar-refractivity contribution is 6.14. The highest BCUT2D eigenvalue weighted by Gasteiger charge is 2.87. The number of rotatable bonds is 8. The minimum Gasteiger partial charge on any atom is -0.506 e. The van der Waals surface area contributed by atoms with Crippen molar-refractivity contribution in [2.24, 2.45) is 11.8 Å². The first-order valence-corrected chi connectivity index (χ1v) is 24.7. The lowest BCUT2D eigenvalue weighted by atomic mass is 9.57. The maximum atomic E-state index is 14.3. The molecule has 4 aliphatic heterocycles. The van der Waals surface area contributed by atoms with Crippen molar-refractivity contribution in [2.45, 2.75) is 138 Å². The quantitative estimate of drug-likeness (QED) is 0.0578. The molecule has 6 aromatic carbocycles. The van der Waals surface area contributed by atoms with Crippen LogP contribution < -0.4 is 32.4 Å². The van der Waals surface area contributed by atoms with Crippen LogP contribution in [0.5, 0.6) is 23.0 Å². The van der Waals surface area contributed by atoms with Gasteiger partial charge in [-0.05, 0) is 51.0 Å². The fraction of sp³-hybridized carbons (Fsp3) is 0.500. The Morgan fingerprint density at radius 2 is 0.882 bits per heavy atom. The van der Waals surface area contributed by atoms with E-state index < -0.39 is 206 Å². The standard InChI is InChI=1S/C52H50N4O20/c1-7-49-45-46-50(8-2,48(74-24-14-22(70-6)40(62)16(4)72-24)34-36(52(46,68)75-49)30-32(38(34)56-54)44(66)28-20(60)12-10-18(58)26(28)42(30)64)76-51(45,67)35-29-31(43(65)27-19(59)11-9-17(57)25(27)41(29)63)37(55-53)33(35)47(49)73-23-13-21(69-5)39(61)15(3)71-23/h9-12,15-16,21-24,39-40,45-48,61-68H,7-8,13-14H2,1-6H3/t15-,16-,21-,22-,23-,24-,39-,40-,45-,46-,47-,48-,49+,50+,51+,52+/m0/s1. The number of nitrogens with zero attached hydrogens (tertiary/aromatic N) is 4. The van der Waals surface area contributed by atoms with Crippen LogP contribution in [0.25, 0.3) is 54.2 Å². The molecule has 0 saturated carbocycles. The van der Waals surface area contributed by atoms with Crippen LogP contribution in [-0.4, -0.2) is 125 Å². The van der Waals surface area contributed by atoms with E-state index >= 15 is 0 Å². The second kappa shape index (κ2) is 16.5. The van der Waals surface area contributed by atoms with Gasteiger partial charge in [0.25, 0.3) is 0 Å². The van der Waals surface area contributed by atoms with Gasteiger partial charge in [-0.2, -0.15) is 9.58 Å². The van der Waals surface area contributed by atoms with Gasteiger partial charge in [0, 0.05) is 49.0 Å². The van der Waals surface area contributed by atoms with E-state index in [2.05, 4.69) is 9.58 Å². The predicted octanol–water partition coefficient (Wildman–Crippen LogP) is 0.320. The van der Waals surface area contributed by atoms with E-state index in [1.807, 2.05) is 0 Å². The van der Waals surface area contributed by atoms with Gasteiger partial charge in [-0.25, -0.2) is 0 Å². The summed E-state index contributed by atoms with van der Waals surface area (Å²) >= 11 is 0. The molecule has 2 aliphatic carbocycles. The van der Waals surface area contributed by atoms with Crippen LogP contribution in [0, 0.1) is 11.8 Å². The van der Waals surface area contributed by atoms with Crippen molar-refractivity contribution < 1.29 is 88.3 Å². The molecule has 6 aliphatic rings. The molecule has 6 aromatic rings. The highest BCUT2D eigenvalue weighted by atomic mass is 16.7. The lowest BCUT2D eigenvalue weighted by Gasteiger charge is -2.52. The van der Waals surface area contributed by atoms with E-state index in [0.29, 0.717) is 0 Å². The normalized spacial score (nSPS) is 36.4. The molecule has 0 unspecified atom stereocenters. The molecule has 0 amide bonds. The molecule has 0 radical (unpaired) electrons. The van der Waals surface area contributed by atoms with E-state index in [0.717, 1.165) is 24.3 Å². The average molecular weight is 1050 g/mol. The zero-order chi connectivity index (χ0) is 54.4. The molecule has 24 heteroatoms. The number of ether oxygens (including phenoxy) is 8. The lowest BCUT2D eigenvalue weighted by molar-refractivity contribution is -0.378. The fourth-order valence-corrected chi connectivity index (χ4v) is 14.4. The summed E-state index contributed by atoms with van der Waals surface area (Å²) in [6.45, 7) is 6.23. The summed E-state index contributed by atoms with van der Waals surface area (Å²) in [5.74, 6) is -13.3. The van der Waals surface area contributed by atoms with Crippen LogP contribution in [0.15, 0.2) is 43.4 Å². The minimum atomic E-state index is -3.00. The second-order valence-electron chi connectivity index (χ2n) is 20.7. The SMILES string of the molecule is CC[C@]12O[C@]3(O)c4c(c(=[N+]=[N-])c5c(O)c6c(=O)ccc(=O)c6c(O)c45)[C@H](O[C@H]4C[C@H](OC)[C@@H](O)[C@H](C)O4)[C@]4(CC)O[C@](O)(c5c(c(=[N+]=[N-])c6c(O)c7c(=O)ccc(=O)c7c(O)c56)[C@@H]1O[C@H]1C[C@H](OC)[C@@H](O)[C@H](C)O1)[C@H]2[C@@H]43. The number of methoxy groups -OCH3 is 2. The molecule has 4 heterocycles. The molecular weight excluding hydrogens is 1000 g/mol. The molecule has 24 nitrogen and oxygen atoms in total. The summed E-state index contributed by atoms with van der Waals surface area (Å²) in [6.07, 6.45) is -13.6. The van der Waals surface area contributed by atoms with Crippen LogP contribution in [0.2, 0.25) is 0 Å². The van der Waals surface area contributed by atoms with Gasteiger partial charge in [0.15, 0.2) is 34.3 Å². The molecular formula is C52H50N4O20. The van der Waals surface area contributed by atoms with Crippen molar-refractivity contribution in [1.29, 1.82) is 0 Å². The maximum Gasteiger partial charge on any atom is 0.333 e. The minimum absolute atomic E-state index is 0.192. The third-order valence-corrected chi connectivity index (χ3v) is 17.5. The molecule has 4 saturated heterocycles. The summed E-state index contributed by atoms with van der Waals surface area (Å²) in [4.78, 5) is 61.7. The van der Waals surface area contributed by atoms with Crippen molar-refractivity contribution in [3.05, 3.63) is 109 Å². The lowest BCUT2D eigenvalue weighted by Crippen LogP contribution is -2.59. The van der Waals surface area contributed by atoms with Gasteiger partial charge in [-0.1, -0.05) is 13.8 Å². The first-order valence-electron chi connectivity index (χ1n) is 24.7. The van der Waals surface area contributed by atoms with Crippen molar-refractivity contribution in [2.75, 3.05) is 14.2 Å². The van der Waals surface area contributed by atoms with Crippen LogP contribution >= 0.6 is 0 Å². The number of phenols is 4. The summed E-state index contributed by atoms with van der Waals surface area (Å²) in [5, 5.41) is 93.9. The van der Waals surface area contributed by atoms with Gasteiger partial charge in [0.05, 0.1) is 68.9 Å². The number of aromatic hydroxyl groups is 4. The number of aliphatic hydroxyl groups is 4. The van der Waals surface area contributed by atoms with Crippen molar-refractivity contribution in [3.63, 3.8) is 0 Å². The van der Waals surface area contributed by atoms with Gasteiger partial charge in [0.1, 0.15) is 69.4 Å². The number of hydrogen-bond donors (Lipinski definition) is 8. The number of benzene rings is 4. The van der Waals surface area contributed by atoms with Gasteiger partial charge >= 0.3 is 10.7 Å². The van der Waals surface area contributed by atoms with E-state index in [1.165, 1.54) is 28.1 Å². The Labute approximate surface area is 426 Å². The summed E-state index contributed by atoms with van der Waals surface area (Å²) in [7, 11) is 2.70. The van der Waals surface area contributed by atoms with Crippen molar-refractivity contribution >= 4 is 43.1 Å². The predicted molar refractivity (Wildman–Crippen MR) is 255 cm³/mol. The average Bonchev–Trinajstić information content (AvgIpc) is 4.26. The molecule has 0 bridgehead atoms. The van der Waals surface area contributed by atoms with Gasteiger partial charge in [-0.3, -0.25) is 19.2 Å². The molecule has 398 valence electrons. The van der Waals surface area contributed by atoms with E-state index in [-0.39, 0.29) is 36.8 Å². The Bertz CT molecular complexity index is 3700. The van der Waals surface area contributed by atoms with Gasteiger partial charge < -0.3 is 89.8 Å². The van der Waals surface area contributed by atoms with Crippen LogP contribution in [-0.2, 0) is 49.5 Å². The largest absolute Gasteiger partial charge is 0.506 e. The smallest absolute Gasteiger partial charge is 0.333 e. The Hall–Kier alpha value is -6.44. The number of aliphatic hydroxyl groups excluding tert-OH is 2. The maximum absolute atomic E-state index is 14.3. The number of hydrogen-bond acceptors (Lipinski definition) is 20. The van der Waals surface area contributed by atoms with Crippen LogP contribution in [0.4, 0.5) is 0 Å². The number of phenolic OH excluding ortho intramolecular Hbond substituents is 4. The molecule has 0 aromatic heterocycles. The second-order valence-corrected chi connectivity index (χ2v) is 20.7. The first-order chi connectivity index (χ1) is 36.1. The topological polar surface area (TPSA) is 377 Å². The van der Waals surface area contributed by atoms with E-state index in [1.54, 1.807) is 13.8 Å². The molecule has 0 spiro atoms. The zero-order valence-electron chi connectivity index (χ0n) is 41.3. The van der Waals surface area contributed by atoms with Gasteiger partial charge in [0.2, 0.25) is 11.6 Å². The first kappa shape index (κ1) is 50.4. The van der Waals surface area contributed by atoms with Crippen LogP contribution in [0.1, 0.15) is 87.8 Å². The third kappa shape index (κ3) is 5.88. The van der Waals surface area contributed by atoms with Crippen molar-refractivity contribution in [3.8, 4) is 23.0 Å². The Morgan fingerprint density at radius 3 is 1.17 bits per heavy atom. The van der Waals surface area contributed by atoms with Crippen LogP contribution in [0.3, 0.4) is 0 Å². The monoisotopic (exact) mass is 1050 g/mol. The summed E-state index contributed by atoms with van der Waals surface area (Å²) < 4.78 is 52.1. The highest BCUT2D eigenvalue weighted by Crippen LogP contribution is 2.78. The molecule has 16 atom stereocenters. The summed E-state index contributed by atoms with van der Waals surface area (Å²) in [5.41, 5.74) is 12.5. The Kier molecular flexibility index (Phi) is 11.0. The van der Waals surface area contributed by atoms with E-state index in [9.17, 15) is 71.1 Å². The zero-order valence-corrected chi connectivity index (χ0v) is 41.3. The molecule has 8 N–H and O–H groups in total. The fourth-order valence-electron chi connectivity index (χ4n) is 14.4. The third-order valence-electron chi connectivity index (χ3n) is 17.5. The Balaban J connectivity index is 1.24. The van der Waals surface area contributed by atoms with Crippen molar-refractivity contribution in [1.82, 2.24) is 0 Å². The van der Waals surface area contributed by atoms with Gasteiger partial charge in [-0.15, -0.1) is 0 Å². The molecule has 76 heavy (non-hydrogen) atoms. The molecule has 12 rings (SSSR count). The van der Waals surface area contributed by atoms with E-state index in [4.69, 9.17) is 37.9 Å². The number of fused-ring (bicyclic) bond motifs is 10.